The highest BCUT2D eigenvalue weighted by atomic mass is 79.9. The molecule has 0 bridgehead atoms. The molecular weight excluding hydrogens is 384 g/mol. The monoisotopic (exact) mass is 404 g/mol. The van der Waals surface area contributed by atoms with Gasteiger partial charge in [-0.25, -0.2) is 0 Å². The van der Waals surface area contributed by atoms with Crippen LogP contribution < -0.4 is 5.73 Å². The molecule has 3 aromatic rings. The molecule has 0 aliphatic heterocycles. The second kappa shape index (κ2) is 7.30. The van der Waals surface area contributed by atoms with E-state index in [0.717, 1.165) is 46.6 Å². The number of aryl methyl sites for hydroxylation is 3. The molecule has 0 radical (unpaired) electrons. The Kier molecular flexibility index (Phi) is 5.33. The minimum atomic E-state index is 0.730. The second-order valence-electron chi connectivity index (χ2n) is 6.30. The Balaban J connectivity index is 2.26. The van der Waals surface area contributed by atoms with E-state index in [1.165, 1.54) is 27.6 Å². The molecule has 4 heteroatoms. The summed E-state index contributed by atoms with van der Waals surface area (Å²) in [6.45, 7) is 5.05. The summed E-state index contributed by atoms with van der Waals surface area (Å²) in [6.07, 6.45) is 3.11. The number of nitrogens with one attached hydrogen (secondary N) is 1. The first-order valence-electron chi connectivity index (χ1n) is 8.29. The molecule has 3 rings (SSSR count). The van der Waals surface area contributed by atoms with Crippen molar-refractivity contribution in [2.75, 3.05) is 6.54 Å². The van der Waals surface area contributed by atoms with Crippen LogP contribution in [0.25, 0.3) is 22.2 Å². The number of aromatic nitrogens is 1. The van der Waals surface area contributed by atoms with Gasteiger partial charge >= 0.3 is 0 Å². The van der Waals surface area contributed by atoms with Crippen molar-refractivity contribution in [1.82, 2.24) is 4.98 Å². The minimum Gasteiger partial charge on any atom is -0.354 e. The quantitative estimate of drug-likeness (QED) is 0.491. The number of unbranched alkanes of at least 4 members (excludes halogenated alkanes) is 1. The predicted molar refractivity (Wildman–Crippen MR) is 108 cm³/mol. The van der Waals surface area contributed by atoms with Gasteiger partial charge in [0.2, 0.25) is 0 Å². The predicted octanol–water partition coefficient (Wildman–Crippen LogP) is 6.15. The van der Waals surface area contributed by atoms with Gasteiger partial charge in [0.1, 0.15) is 0 Å². The first-order valence-corrected chi connectivity index (χ1v) is 9.46. The smallest absolute Gasteiger partial charge is 0.0513 e. The van der Waals surface area contributed by atoms with E-state index in [0.29, 0.717) is 0 Å². The van der Waals surface area contributed by atoms with Crippen LogP contribution in [0.2, 0.25) is 5.02 Å². The molecule has 0 atom stereocenters. The highest BCUT2D eigenvalue weighted by molar-refractivity contribution is 9.10. The van der Waals surface area contributed by atoms with Crippen molar-refractivity contribution in [2.24, 2.45) is 5.73 Å². The van der Waals surface area contributed by atoms with Crippen LogP contribution in [0.15, 0.2) is 34.8 Å². The van der Waals surface area contributed by atoms with Crippen LogP contribution in [-0.4, -0.2) is 11.5 Å². The molecule has 0 fully saturated rings. The van der Waals surface area contributed by atoms with Crippen molar-refractivity contribution in [3.63, 3.8) is 0 Å². The average Bonchev–Trinajstić information content (AvgIpc) is 2.94. The molecular formula is C20H22BrClN2. The lowest BCUT2D eigenvalue weighted by Gasteiger charge is -2.08. The number of fused-ring (bicyclic) bond motifs is 1. The lowest BCUT2D eigenvalue weighted by atomic mass is 9.97. The molecule has 2 aromatic carbocycles. The SMILES string of the molecule is Cc1ccc(C)c2c(CCCCN)c(-c3cc(Br)ccc3Cl)[nH]c12. The normalized spacial score (nSPS) is 11.4. The van der Waals surface area contributed by atoms with E-state index < -0.39 is 0 Å². The Bertz CT molecular complexity index is 883. The fourth-order valence-corrected chi connectivity index (χ4v) is 3.87. The highest BCUT2D eigenvalue weighted by Crippen LogP contribution is 2.38. The lowest BCUT2D eigenvalue weighted by molar-refractivity contribution is 0.748. The topological polar surface area (TPSA) is 41.8 Å². The maximum absolute atomic E-state index is 6.51. The Labute approximate surface area is 156 Å². The molecule has 24 heavy (non-hydrogen) atoms. The van der Waals surface area contributed by atoms with Gasteiger partial charge in [0.05, 0.1) is 5.69 Å². The zero-order valence-electron chi connectivity index (χ0n) is 14.0. The minimum absolute atomic E-state index is 0.730. The molecule has 0 spiro atoms. The number of hydrogen-bond donors (Lipinski definition) is 2. The molecule has 0 unspecified atom stereocenters. The summed E-state index contributed by atoms with van der Waals surface area (Å²) in [5, 5.41) is 2.10. The number of benzene rings is 2. The Morgan fingerprint density at radius 2 is 1.83 bits per heavy atom. The van der Waals surface area contributed by atoms with Gasteiger partial charge in [0.25, 0.3) is 0 Å². The lowest BCUT2D eigenvalue weighted by Crippen LogP contribution is -1.99. The molecule has 0 aliphatic carbocycles. The van der Waals surface area contributed by atoms with Gasteiger partial charge in [-0.15, -0.1) is 0 Å². The van der Waals surface area contributed by atoms with Gasteiger partial charge in [-0.05, 0) is 74.5 Å². The van der Waals surface area contributed by atoms with Gasteiger partial charge in [-0.1, -0.05) is 39.7 Å². The van der Waals surface area contributed by atoms with Crippen LogP contribution >= 0.6 is 27.5 Å². The van der Waals surface area contributed by atoms with Crippen LogP contribution in [-0.2, 0) is 6.42 Å². The largest absolute Gasteiger partial charge is 0.354 e. The van der Waals surface area contributed by atoms with E-state index >= 15 is 0 Å². The number of H-pyrrole nitrogens is 1. The van der Waals surface area contributed by atoms with Gasteiger partial charge in [-0.2, -0.15) is 0 Å². The summed E-state index contributed by atoms with van der Waals surface area (Å²) >= 11 is 10.1. The van der Waals surface area contributed by atoms with Crippen molar-refractivity contribution in [3.8, 4) is 11.3 Å². The van der Waals surface area contributed by atoms with Crippen molar-refractivity contribution >= 4 is 38.4 Å². The first kappa shape index (κ1) is 17.5. The van der Waals surface area contributed by atoms with Crippen LogP contribution in [0, 0.1) is 13.8 Å². The second-order valence-corrected chi connectivity index (χ2v) is 7.62. The molecule has 0 saturated heterocycles. The van der Waals surface area contributed by atoms with Gasteiger partial charge in [0.15, 0.2) is 0 Å². The fourth-order valence-electron chi connectivity index (χ4n) is 3.30. The van der Waals surface area contributed by atoms with Crippen molar-refractivity contribution < 1.29 is 0 Å². The molecule has 1 heterocycles. The fraction of sp³-hybridized carbons (Fsp3) is 0.300. The van der Waals surface area contributed by atoms with Crippen LogP contribution in [0.4, 0.5) is 0 Å². The zero-order valence-corrected chi connectivity index (χ0v) is 16.4. The summed E-state index contributed by atoms with van der Waals surface area (Å²) in [6, 6.07) is 10.4. The molecule has 1 aromatic heterocycles. The summed E-state index contributed by atoms with van der Waals surface area (Å²) < 4.78 is 1.03. The number of aromatic amines is 1. The third-order valence-corrected chi connectivity index (χ3v) is 5.38. The molecule has 0 saturated carbocycles. The maximum Gasteiger partial charge on any atom is 0.0513 e. The number of halogens is 2. The van der Waals surface area contributed by atoms with Crippen molar-refractivity contribution in [2.45, 2.75) is 33.1 Å². The van der Waals surface area contributed by atoms with E-state index in [2.05, 4.69) is 53.0 Å². The number of nitrogens with two attached hydrogens (primary N) is 1. The Morgan fingerprint density at radius 3 is 2.58 bits per heavy atom. The summed E-state index contributed by atoms with van der Waals surface area (Å²) in [7, 11) is 0. The molecule has 3 N–H and O–H groups in total. The van der Waals surface area contributed by atoms with Crippen LogP contribution in [0.3, 0.4) is 0 Å². The van der Waals surface area contributed by atoms with E-state index in [1.807, 2.05) is 12.1 Å². The summed E-state index contributed by atoms with van der Waals surface area (Å²) in [5.74, 6) is 0. The highest BCUT2D eigenvalue weighted by Gasteiger charge is 2.18. The molecule has 0 aliphatic rings. The average molecular weight is 406 g/mol. The van der Waals surface area contributed by atoms with Crippen molar-refractivity contribution in [3.05, 3.63) is 56.5 Å². The van der Waals surface area contributed by atoms with Crippen molar-refractivity contribution in [1.29, 1.82) is 0 Å². The van der Waals surface area contributed by atoms with Gasteiger partial charge in [-0.3, -0.25) is 0 Å². The van der Waals surface area contributed by atoms with E-state index in [-0.39, 0.29) is 0 Å². The maximum atomic E-state index is 6.51. The van der Waals surface area contributed by atoms with Gasteiger partial charge < -0.3 is 10.7 Å². The van der Waals surface area contributed by atoms with Crippen LogP contribution in [0.1, 0.15) is 29.5 Å². The number of rotatable bonds is 5. The van der Waals surface area contributed by atoms with Crippen LogP contribution in [0.5, 0.6) is 0 Å². The Hall–Kier alpha value is -1.29. The van der Waals surface area contributed by atoms with Gasteiger partial charge in [0, 0.05) is 26.0 Å². The molecule has 2 nitrogen and oxygen atoms in total. The molecule has 0 amide bonds. The van der Waals surface area contributed by atoms with E-state index in [9.17, 15) is 0 Å². The van der Waals surface area contributed by atoms with E-state index in [1.54, 1.807) is 0 Å². The first-order chi connectivity index (χ1) is 11.5. The summed E-state index contributed by atoms with van der Waals surface area (Å²) in [5.41, 5.74) is 13.0. The third-order valence-electron chi connectivity index (χ3n) is 4.55. The standard InChI is InChI=1S/C20H22BrClN2/c1-12-6-7-13(2)19-18(12)15(5-3-4-10-23)20(24-19)16-11-14(21)8-9-17(16)22/h6-9,11,24H,3-5,10,23H2,1-2H3. The zero-order chi connectivity index (χ0) is 17.3. The number of hydrogen-bond acceptors (Lipinski definition) is 1. The Morgan fingerprint density at radius 1 is 1.08 bits per heavy atom. The summed E-state index contributed by atoms with van der Waals surface area (Å²) in [4.78, 5) is 3.65. The van der Waals surface area contributed by atoms with E-state index in [4.69, 9.17) is 17.3 Å². The third kappa shape index (κ3) is 3.26. The molecule has 126 valence electrons.